The average Bonchev–Trinajstić information content (AvgIpc) is 3.17. The molecule has 0 spiro atoms. The predicted octanol–water partition coefficient (Wildman–Crippen LogP) is 5.69. The molecule has 1 radical (unpaired) electrons. The van der Waals surface area contributed by atoms with Gasteiger partial charge in [0.15, 0.2) is 0 Å². The van der Waals surface area contributed by atoms with E-state index in [1.165, 1.54) is 43.6 Å². The minimum atomic E-state index is -1.02. The van der Waals surface area contributed by atoms with Crippen LogP contribution in [-0.4, -0.2) is 164 Å². The molecular weight excluding hydrogens is 923 g/mol. The molecule has 1 amide bonds. The van der Waals surface area contributed by atoms with Crippen molar-refractivity contribution < 1.29 is 65.5 Å². The number of nitrogens with one attached hydrogen (secondary N) is 3. The number of benzene rings is 1. The van der Waals surface area contributed by atoms with E-state index in [2.05, 4.69) is 81.3 Å². The minimum absolute atomic E-state index is 0. The second-order valence-electron chi connectivity index (χ2n) is 15.3. The molecule has 345 valence electrons. The first-order valence-electron chi connectivity index (χ1n) is 21.9. The summed E-state index contributed by atoms with van der Waals surface area (Å²) < 4.78 is 32.4. The van der Waals surface area contributed by atoms with Crippen LogP contribution in [0.4, 0.5) is 0 Å². The molecule has 0 aromatic heterocycles. The summed E-state index contributed by atoms with van der Waals surface area (Å²) in [6.07, 6.45) is 3.81. The van der Waals surface area contributed by atoms with Gasteiger partial charge in [0.2, 0.25) is 5.91 Å². The van der Waals surface area contributed by atoms with Gasteiger partial charge in [-0.3, -0.25) is 9.59 Å². The fraction of sp³-hybridized carbons (Fsp3) is 0.818. The van der Waals surface area contributed by atoms with Crippen LogP contribution in [0.2, 0.25) is 0 Å². The Hall–Kier alpha value is -1.50. The molecule has 3 rings (SSSR count). The van der Waals surface area contributed by atoms with Crippen LogP contribution in [0.5, 0.6) is 0 Å². The molecule has 0 aliphatic carbocycles. The van der Waals surface area contributed by atoms with Gasteiger partial charge in [-0.15, -0.1) is 0 Å². The van der Waals surface area contributed by atoms with E-state index in [4.69, 9.17) is 39.3 Å². The van der Waals surface area contributed by atoms with Gasteiger partial charge in [0.05, 0.1) is 85.3 Å². The van der Waals surface area contributed by atoms with Crippen molar-refractivity contribution in [2.24, 2.45) is 11.8 Å². The molecule has 1 aromatic carbocycles. The SMILES string of the molecule is C1COCCOCCOCCN1.CC(C)C[C@H]([NH-])C(=O)O.CCCN(CC)CCC.Cc1ccc(CN[C@@H](CC(C)C)C(=O)N2CCOCCOCCOCC2)cc1.[Ta]. The molecule has 2 aliphatic rings. The van der Waals surface area contributed by atoms with Gasteiger partial charge in [0.1, 0.15) is 0 Å². The number of nitrogens with zero attached hydrogens (tertiary/aromatic N) is 2. The maximum absolute atomic E-state index is 13.3. The molecule has 4 N–H and O–H groups in total. The van der Waals surface area contributed by atoms with Crippen molar-refractivity contribution in [1.29, 1.82) is 0 Å². The Bertz CT molecular complexity index is 1030. The number of hydrogen-bond acceptors (Lipinski definition) is 11. The van der Waals surface area contributed by atoms with E-state index in [1.807, 2.05) is 18.7 Å². The first-order valence-corrected chi connectivity index (χ1v) is 21.9. The number of ether oxygens (including phenoxy) is 6. The largest absolute Gasteiger partial charge is 0.665 e. The summed E-state index contributed by atoms with van der Waals surface area (Å²) in [6.45, 7) is 31.7. The second-order valence-corrected chi connectivity index (χ2v) is 15.3. The molecule has 0 unspecified atom stereocenters. The summed E-state index contributed by atoms with van der Waals surface area (Å²) in [6, 6.07) is 7.27. The minimum Gasteiger partial charge on any atom is -0.665 e. The third-order valence-corrected chi connectivity index (χ3v) is 8.87. The number of rotatable bonds is 14. The first-order chi connectivity index (χ1) is 27.9. The summed E-state index contributed by atoms with van der Waals surface area (Å²) in [5, 5.41) is 14.9. The topological polar surface area (TPSA) is 164 Å². The average molecular weight is 1010 g/mol. The fourth-order valence-corrected chi connectivity index (χ4v) is 5.72. The van der Waals surface area contributed by atoms with Crippen LogP contribution < -0.4 is 10.6 Å². The zero-order valence-corrected chi connectivity index (χ0v) is 41.4. The fourth-order valence-electron chi connectivity index (χ4n) is 5.72. The molecule has 15 heteroatoms. The number of aryl methyl sites for hydroxylation is 1. The van der Waals surface area contributed by atoms with Crippen molar-refractivity contribution in [3.8, 4) is 0 Å². The molecule has 2 aliphatic heterocycles. The van der Waals surface area contributed by atoms with Crippen molar-refractivity contribution in [2.45, 2.75) is 99.7 Å². The van der Waals surface area contributed by atoms with Crippen LogP contribution in [0, 0.1) is 18.8 Å². The van der Waals surface area contributed by atoms with Gasteiger partial charge < -0.3 is 59.7 Å². The molecule has 0 saturated carbocycles. The number of carboxylic acid groups (broad SMARTS) is 1. The van der Waals surface area contributed by atoms with Gasteiger partial charge >= 0.3 is 0 Å². The molecular formula is C44H84N5O9Ta-. The summed E-state index contributed by atoms with van der Waals surface area (Å²) in [4.78, 5) is 27.7. The monoisotopic (exact) mass is 1010 g/mol. The second kappa shape index (κ2) is 41.8. The van der Waals surface area contributed by atoms with Crippen LogP contribution in [0.15, 0.2) is 24.3 Å². The van der Waals surface area contributed by atoms with Gasteiger partial charge in [-0.05, 0) is 69.3 Å². The first kappa shape index (κ1) is 59.6. The normalized spacial score (nSPS) is 17.3. The van der Waals surface area contributed by atoms with Crippen LogP contribution in [0.3, 0.4) is 0 Å². The Balaban J connectivity index is 0. The number of amides is 1. The molecule has 1 aromatic rings. The van der Waals surface area contributed by atoms with E-state index in [9.17, 15) is 9.59 Å². The predicted molar refractivity (Wildman–Crippen MR) is 234 cm³/mol. The zero-order chi connectivity index (χ0) is 43.2. The van der Waals surface area contributed by atoms with E-state index < -0.39 is 12.0 Å². The number of carbonyl (C=O) groups is 2. The van der Waals surface area contributed by atoms with Gasteiger partial charge in [-0.25, -0.2) is 0 Å². The van der Waals surface area contributed by atoms with Gasteiger partial charge in [-0.1, -0.05) is 84.7 Å². The summed E-state index contributed by atoms with van der Waals surface area (Å²) in [7, 11) is 0. The van der Waals surface area contributed by atoms with Crippen LogP contribution in [0.25, 0.3) is 5.73 Å². The van der Waals surface area contributed by atoms with Gasteiger partial charge in [0.25, 0.3) is 5.97 Å². The Morgan fingerprint density at radius 3 is 1.53 bits per heavy atom. The number of aliphatic carboxylic acids is 1. The molecule has 0 bridgehead atoms. The Kier molecular flexibility index (Phi) is 42.3. The van der Waals surface area contributed by atoms with Crippen molar-refractivity contribution in [2.75, 3.05) is 125 Å². The Labute approximate surface area is 374 Å². The molecule has 2 atom stereocenters. The molecule has 2 heterocycles. The van der Waals surface area contributed by atoms with E-state index in [0.717, 1.165) is 32.7 Å². The molecule has 2 saturated heterocycles. The van der Waals surface area contributed by atoms with Crippen molar-refractivity contribution in [1.82, 2.24) is 20.4 Å². The van der Waals surface area contributed by atoms with Crippen molar-refractivity contribution >= 4 is 11.9 Å². The number of hydrogen-bond donors (Lipinski definition) is 3. The molecule has 59 heavy (non-hydrogen) atoms. The maximum Gasteiger partial charge on any atom is 0.285 e. The van der Waals surface area contributed by atoms with Crippen LogP contribution in [0.1, 0.15) is 85.3 Å². The van der Waals surface area contributed by atoms with Gasteiger partial charge in [-0.2, -0.15) is 0 Å². The smallest absolute Gasteiger partial charge is 0.285 e. The quantitative estimate of drug-likeness (QED) is 0.209. The third-order valence-electron chi connectivity index (χ3n) is 8.87. The Morgan fingerprint density at radius 2 is 1.15 bits per heavy atom. The molecule has 2 fully saturated rings. The van der Waals surface area contributed by atoms with E-state index in [1.54, 1.807) is 0 Å². The van der Waals surface area contributed by atoms with Crippen molar-refractivity contribution in [3.63, 3.8) is 0 Å². The number of carbonyl (C=O) groups excluding carboxylic acids is 1. The van der Waals surface area contributed by atoms with E-state index in [-0.39, 0.29) is 34.3 Å². The molecule has 14 nitrogen and oxygen atoms in total. The standard InChI is InChI=1S/C22H36N2O4.C8H17NO3.C8H19N.C6H12NO2.Ta/c1-18(2)16-21(23-17-20-6-4-19(3)5-7-20)22(25)24-8-10-26-12-14-28-15-13-27-11-9-24;1-3-10-5-7-12-8-6-11-4-2-9-1;1-4-7-9(6-3)8-5-2;1-4(2)3-5(7)6(8)9;/h4-7,18,21,23H,8-17H2,1-3H3;9H,1-8H2;4-8H2,1-3H3;4-5,7H,3H2,1-2H3,(H,8,9);/q;;;-1;/t21-;;;5-;/m0..0./s1. The Morgan fingerprint density at radius 1 is 0.729 bits per heavy atom. The van der Waals surface area contributed by atoms with Crippen molar-refractivity contribution in [3.05, 3.63) is 41.1 Å². The van der Waals surface area contributed by atoms with E-state index in [0.29, 0.717) is 104 Å². The van der Waals surface area contributed by atoms with E-state index >= 15 is 0 Å². The summed E-state index contributed by atoms with van der Waals surface area (Å²) >= 11 is 0. The summed E-state index contributed by atoms with van der Waals surface area (Å²) in [5.74, 6) is -0.176. The van der Waals surface area contributed by atoms with Crippen LogP contribution in [-0.2, 0) is 66.9 Å². The number of carboxylic acids is 1. The summed E-state index contributed by atoms with van der Waals surface area (Å²) in [5.41, 5.74) is 9.38. The maximum atomic E-state index is 13.3. The third kappa shape index (κ3) is 36.8. The van der Waals surface area contributed by atoms with Gasteiger partial charge in [0, 0.05) is 55.1 Å². The van der Waals surface area contributed by atoms with Crippen LogP contribution >= 0.6 is 0 Å². The zero-order valence-electron chi connectivity index (χ0n) is 38.1.